The van der Waals surface area contributed by atoms with Crippen molar-refractivity contribution in [3.63, 3.8) is 0 Å². The first-order valence-corrected chi connectivity index (χ1v) is 7.26. The van der Waals surface area contributed by atoms with E-state index < -0.39 is 4.92 Å². The number of ether oxygens (including phenoxy) is 1. The molecular formula is C15H24N2O4. The number of nitro groups is 1. The molecule has 0 amide bonds. The van der Waals surface area contributed by atoms with Crippen molar-refractivity contribution in [2.45, 2.75) is 33.2 Å². The second kappa shape index (κ2) is 9.31. The van der Waals surface area contributed by atoms with Crippen LogP contribution < -0.4 is 10.1 Å². The molecule has 1 rings (SSSR count). The smallest absolute Gasteiger partial charge is 0.270 e. The minimum Gasteiger partial charge on any atom is -0.493 e. The van der Waals surface area contributed by atoms with E-state index in [0.29, 0.717) is 31.2 Å². The number of nitrogens with zero attached hydrogens (tertiary/aromatic N) is 1. The second-order valence-electron chi connectivity index (χ2n) is 5.35. The third-order valence-electron chi connectivity index (χ3n) is 2.93. The van der Waals surface area contributed by atoms with Gasteiger partial charge < -0.3 is 15.2 Å². The molecule has 2 N–H and O–H groups in total. The summed E-state index contributed by atoms with van der Waals surface area (Å²) in [6.07, 6.45) is 1.44. The molecule has 1 aromatic carbocycles. The number of aliphatic hydroxyl groups excluding tert-OH is 1. The Bertz CT molecular complexity index is 449. The highest BCUT2D eigenvalue weighted by atomic mass is 16.6. The molecule has 0 aromatic heterocycles. The first kappa shape index (κ1) is 17.4. The summed E-state index contributed by atoms with van der Waals surface area (Å²) in [7, 11) is 0. The van der Waals surface area contributed by atoms with E-state index in [9.17, 15) is 10.1 Å². The van der Waals surface area contributed by atoms with Gasteiger partial charge in [0.15, 0.2) is 0 Å². The Morgan fingerprint density at radius 1 is 1.38 bits per heavy atom. The van der Waals surface area contributed by atoms with Gasteiger partial charge in [-0.05, 0) is 31.4 Å². The number of non-ortho nitro benzene ring substituents is 1. The van der Waals surface area contributed by atoms with Crippen LogP contribution in [-0.4, -0.2) is 29.8 Å². The van der Waals surface area contributed by atoms with Gasteiger partial charge in [-0.3, -0.25) is 10.1 Å². The summed E-state index contributed by atoms with van der Waals surface area (Å²) < 4.78 is 5.66. The normalized spacial score (nSPS) is 10.9. The number of aliphatic hydroxyl groups is 1. The van der Waals surface area contributed by atoms with Crippen LogP contribution in [0.15, 0.2) is 18.2 Å². The Morgan fingerprint density at radius 2 is 2.14 bits per heavy atom. The lowest BCUT2D eigenvalue weighted by Gasteiger charge is -2.13. The standard InChI is InChI=1S/C15H24N2O4/c1-12(2)10-16-11-13-9-14(17(19)20)5-6-15(13)21-8-4-3-7-18/h5-6,9,12,16,18H,3-4,7-8,10-11H2,1-2H3. The van der Waals surface area contributed by atoms with Gasteiger partial charge in [0, 0.05) is 30.8 Å². The highest BCUT2D eigenvalue weighted by molar-refractivity contribution is 5.43. The quantitative estimate of drug-likeness (QED) is 0.393. The van der Waals surface area contributed by atoms with Crippen LogP contribution in [0, 0.1) is 16.0 Å². The molecule has 0 aliphatic rings. The summed E-state index contributed by atoms with van der Waals surface area (Å²) >= 11 is 0. The van der Waals surface area contributed by atoms with Gasteiger partial charge >= 0.3 is 0 Å². The molecule has 1 aromatic rings. The fourth-order valence-electron chi connectivity index (χ4n) is 1.85. The van der Waals surface area contributed by atoms with E-state index in [1.54, 1.807) is 12.1 Å². The zero-order chi connectivity index (χ0) is 15.7. The Balaban J connectivity index is 2.71. The maximum Gasteiger partial charge on any atom is 0.270 e. The largest absolute Gasteiger partial charge is 0.493 e. The van der Waals surface area contributed by atoms with Gasteiger partial charge in [0.25, 0.3) is 5.69 Å². The molecule has 0 radical (unpaired) electrons. The van der Waals surface area contributed by atoms with E-state index in [-0.39, 0.29) is 12.3 Å². The fraction of sp³-hybridized carbons (Fsp3) is 0.600. The topological polar surface area (TPSA) is 84.6 Å². The molecule has 0 aliphatic heterocycles. The molecule has 0 saturated carbocycles. The fourth-order valence-corrected chi connectivity index (χ4v) is 1.85. The van der Waals surface area contributed by atoms with Crippen LogP contribution in [-0.2, 0) is 6.54 Å². The molecule has 21 heavy (non-hydrogen) atoms. The number of hydrogen-bond acceptors (Lipinski definition) is 5. The number of rotatable bonds is 10. The molecule has 6 heteroatoms. The van der Waals surface area contributed by atoms with E-state index >= 15 is 0 Å². The lowest BCUT2D eigenvalue weighted by atomic mass is 10.1. The Labute approximate surface area is 125 Å². The molecule has 0 spiro atoms. The molecular weight excluding hydrogens is 272 g/mol. The van der Waals surface area contributed by atoms with Crippen molar-refractivity contribution in [2.75, 3.05) is 19.8 Å². The summed E-state index contributed by atoms with van der Waals surface area (Å²) in [5.41, 5.74) is 0.855. The maximum atomic E-state index is 10.9. The van der Waals surface area contributed by atoms with Crippen molar-refractivity contribution in [1.82, 2.24) is 5.32 Å². The van der Waals surface area contributed by atoms with Crippen LogP contribution in [0.1, 0.15) is 32.3 Å². The molecule has 0 saturated heterocycles. The van der Waals surface area contributed by atoms with E-state index in [0.717, 1.165) is 18.5 Å². The van der Waals surface area contributed by atoms with E-state index in [1.807, 2.05) is 0 Å². The molecule has 0 aliphatic carbocycles. The Hall–Kier alpha value is -1.66. The predicted molar refractivity (Wildman–Crippen MR) is 81.5 cm³/mol. The molecule has 0 fully saturated rings. The SMILES string of the molecule is CC(C)CNCc1cc([N+](=O)[O-])ccc1OCCCCO. The highest BCUT2D eigenvalue weighted by Gasteiger charge is 2.11. The Kier molecular flexibility index (Phi) is 7.71. The first-order chi connectivity index (χ1) is 10.0. The van der Waals surface area contributed by atoms with Gasteiger partial charge in [-0.15, -0.1) is 0 Å². The lowest BCUT2D eigenvalue weighted by Crippen LogP contribution is -2.19. The van der Waals surface area contributed by atoms with Crippen molar-refractivity contribution in [2.24, 2.45) is 5.92 Å². The van der Waals surface area contributed by atoms with Crippen molar-refractivity contribution in [3.8, 4) is 5.75 Å². The second-order valence-corrected chi connectivity index (χ2v) is 5.35. The average molecular weight is 296 g/mol. The predicted octanol–water partition coefficient (Wildman–Crippen LogP) is 2.49. The van der Waals surface area contributed by atoms with E-state index in [1.165, 1.54) is 6.07 Å². The third-order valence-corrected chi connectivity index (χ3v) is 2.93. The minimum absolute atomic E-state index is 0.0686. The van der Waals surface area contributed by atoms with Gasteiger partial charge in [0.1, 0.15) is 5.75 Å². The third kappa shape index (κ3) is 6.55. The van der Waals surface area contributed by atoms with Crippen LogP contribution in [0.2, 0.25) is 0 Å². The molecule has 118 valence electrons. The minimum atomic E-state index is -0.401. The van der Waals surface area contributed by atoms with Crippen LogP contribution in [0.4, 0.5) is 5.69 Å². The van der Waals surface area contributed by atoms with Crippen LogP contribution in [0.3, 0.4) is 0 Å². The average Bonchev–Trinajstić information content (AvgIpc) is 2.44. The molecule has 6 nitrogen and oxygen atoms in total. The van der Waals surface area contributed by atoms with Gasteiger partial charge in [-0.2, -0.15) is 0 Å². The summed E-state index contributed by atoms with van der Waals surface area (Å²) in [5.74, 6) is 1.17. The van der Waals surface area contributed by atoms with Crippen molar-refractivity contribution in [3.05, 3.63) is 33.9 Å². The van der Waals surface area contributed by atoms with Gasteiger partial charge in [-0.25, -0.2) is 0 Å². The van der Waals surface area contributed by atoms with Crippen LogP contribution >= 0.6 is 0 Å². The Morgan fingerprint density at radius 3 is 2.76 bits per heavy atom. The number of unbranched alkanes of at least 4 members (excludes halogenated alkanes) is 1. The summed E-state index contributed by atoms with van der Waals surface area (Å²) in [6.45, 7) is 6.23. The lowest BCUT2D eigenvalue weighted by molar-refractivity contribution is -0.384. The zero-order valence-corrected chi connectivity index (χ0v) is 12.7. The monoisotopic (exact) mass is 296 g/mol. The molecule has 0 atom stereocenters. The molecule has 0 bridgehead atoms. The molecule has 0 heterocycles. The number of nitro benzene ring substituents is 1. The molecule has 0 unspecified atom stereocenters. The van der Waals surface area contributed by atoms with Gasteiger partial charge in [-0.1, -0.05) is 13.8 Å². The van der Waals surface area contributed by atoms with Crippen LogP contribution in [0.25, 0.3) is 0 Å². The summed E-state index contributed by atoms with van der Waals surface area (Å²) in [4.78, 5) is 10.5. The van der Waals surface area contributed by atoms with Crippen molar-refractivity contribution in [1.29, 1.82) is 0 Å². The number of nitrogens with one attached hydrogen (secondary N) is 1. The maximum absolute atomic E-state index is 10.9. The van der Waals surface area contributed by atoms with Crippen LogP contribution in [0.5, 0.6) is 5.75 Å². The van der Waals surface area contributed by atoms with Gasteiger partial charge in [0.2, 0.25) is 0 Å². The van der Waals surface area contributed by atoms with Gasteiger partial charge in [0.05, 0.1) is 11.5 Å². The van der Waals surface area contributed by atoms with E-state index in [2.05, 4.69) is 19.2 Å². The summed E-state index contributed by atoms with van der Waals surface area (Å²) in [5, 5.41) is 22.9. The number of hydrogen-bond donors (Lipinski definition) is 2. The van der Waals surface area contributed by atoms with E-state index in [4.69, 9.17) is 9.84 Å². The van der Waals surface area contributed by atoms with Crippen molar-refractivity contribution < 1.29 is 14.8 Å². The zero-order valence-electron chi connectivity index (χ0n) is 12.7. The highest BCUT2D eigenvalue weighted by Crippen LogP contribution is 2.24. The summed E-state index contributed by atoms with van der Waals surface area (Å²) in [6, 6.07) is 4.64. The number of benzene rings is 1. The first-order valence-electron chi connectivity index (χ1n) is 7.26. The van der Waals surface area contributed by atoms with Crippen molar-refractivity contribution >= 4 is 5.69 Å².